The number of imidazole rings is 1. The second kappa shape index (κ2) is 3.84. The van der Waals surface area contributed by atoms with E-state index in [1.165, 1.54) is 0 Å². The number of aliphatic carboxylic acids is 1. The van der Waals surface area contributed by atoms with Crippen LogP contribution in [0.25, 0.3) is 0 Å². The summed E-state index contributed by atoms with van der Waals surface area (Å²) in [5.74, 6) is -1.22. The Morgan fingerprint density at radius 2 is 2.27 bits per heavy atom. The third kappa shape index (κ3) is 2.06. The molecule has 0 aliphatic carbocycles. The van der Waals surface area contributed by atoms with Crippen LogP contribution in [0.5, 0.6) is 0 Å². The second-order valence-electron chi connectivity index (χ2n) is 3.70. The molecule has 0 spiro atoms. The van der Waals surface area contributed by atoms with E-state index < -0.39 is 11.8 Å². The number of aryl methyl sites for hydroxylation is 2. The van der Waals surface area contributed by atoms with Crippen LogP contribution in [0.4, 0.5) is 0 Å². The van der Waals surface area contributed by atoms with Gasteiger partial charge in [-0.2, -0.15) is 0 Å². The van der Waals surface area contributed by atoms with Crippen molar-refractivity contribution in [3.8, 4) is 0 Å². The molecule has 80 valence electrons. The van der Waals surface area contributed by atoms with E-state index in [1.807, 2.05) is 4.57 Å². The maximum Gasteiger partial charge on any atom is 0.372 e. The van der Waals surface area contributed by atoms with Crippen molar-refractivity contribution in [1.82, 2.24) is 9.55 Å². The molecule has 1 N–H and O–H groups in total. The van der Waals surface area contributed by atoms with Crippen molar-refractivity contribution >= 4 is 11.8 Å². The molecular weight excluding hydrogens is 196 g/mol. The number of carbonyl (C=O) groups excluding carboxylic acids is 1. The van der Waals surface area contributed by atoms with Crippen molar-refractivity contribution in [3.63, 3.8) is 0 Å². The van der Waals surface area contributed by atoms with Crippen LogP contribution in [-0.2, 0) is 29.0 Å². The molecule has 0 radical (unpaired) electrons. The fourth-order valence-electron chi connectivity index (χ4n) is 1.80. The monoisotopic (exact) mass is 208 g/mol. The number of Topliss-reactive ketones (excluding diaryl/α,β-unsaturated/α-hetero) is 1. The van der Waals surface area contributed by atoms with Crippen LogP contribution in [0.3, 0.4) is 0 Å². The number of carboxylic acid groups (broad SMARTS) is 1. The summed E-state index contributed by atoms with van der Waals surface area (Å²) in [6, 6.07) is 0. The van der Waals surface area contributed by atoms with E-state index >= 15 is 0 Å². The molecule has 2 rings (SSSR count). The zero-order chi connectivity index (χ0) is 10.8. The second-order valence-corrected chi connectivity index (χ2v) is 3.70. The van der Waals surface area contributed by atoms with Crippen molar-refractivity contribution in [3.05, 3.63) is 17.7 Å². The van der Waals surface area contributed by atoms with Gasteiger partial charge in [0.05, 0.1) is 12.1 Å². The Morgan fingerprint density at radius 1 is 1.47 bits per heavy atom. The SMILES string of the molecule is O=C(O)C(=O)Cc1cn2c(n1)CCCC2. The quantitative estimate of drug-likeness (QED) is 0.730. The van der Waals surface area contributed by atoms with Gasteiger partial charge in [0.25, 0.3) is 0 Å². The van der Waals surface area contributed by atoms with Crippen molar-refractivity contribution in [2.24, 2.45) is 0 Å². The largest absolute Gasteiger partial charge is 0.475 e. The number of hydrogen-bond donors (Lipinski definition) is 1. The summed E-state index contributed by atoms with van der Waals surface area (Å²) >= 11 is 0. The zero-order valence-corrected chi connectivity index (χ0v) is 8.27. The first-order valence-corrected chi connectivity index (χ1v) is 4.98. The first-order chi connectivity index (χ1) is 7.16. The zero-order valence-electron chi connectivity index (χ0n) is 8.27. The van der Waals surface area contributed by atoms with E-state index in [4.69, 9.17) is 5.11 Å². The first-order valence-electron chi connectivity index (χ1n) is 4.98. The van der Waals surface area contributed by atoms with E-state index in [0.29, 0.717) is 5.69 Å². The van der Waals surface area contributed by atoms with Crippen LogP contribution >= 0.6 is 0 Å². The number of ketones is 1. The number of carboxylic acids is 1. The van der Waals surface area contributed by atoms with Gasteiger partial charge in [0, 0.05) is 19.2 Å². The standard InChI is InChI=1S/C10H12N2O3/c13-8(10(14)15)5-7-6-12-4-2-1-3-9(12)11-7/h6H,1-5H2,(H,14,15). The Hall–Kier alpha value is -1.65. The minimum absolute atomic E-state index is 0.102. The summed E-state index contributed by atoms with van der Waals surface area (Å²) in [5.41, 5.74) is 0.569. The highest BCUT2D eigenvalue weighted by Crippen LogP contribution is 2.14. The Labute approximate surface area is 86.7 Å². The normalized spacial score (nSPS) is 14.7. The average Bonchev–Trinajstić information content (AvgIpc) is 2.59. The molecule has 1 aromatic heterocycles. The summed E-state index contributed by atoms with van der Waals surface area (Å²) in [6.07, 6.45) is 4.84. The van der Waals surface area contributed by atoms with Gasteiger partial charge in [0.2, 0.25) is 5.78 Å². The predicted octanol–water partition coefficient (Wildman–Crippen LogP) is 0.416. The van der Waals surface area contributed by atoms with Crippen LogP contribution in [0.2, 0.25) is 0 Å². The summed E-state index contributed by atoms with van der Waals surface area (Å²) < 4.78 is 2.01. The van der Waals surface area contributed by atoms with Gasteiger partial charge in [-0.1, -0.05) is 0 Å². The van der Waals surface area contributed by atoms with Crippen molar-refractivity contribution < 1.29 is 14.7 Å². The number of nitrogens with zero attached hydrogens (tertiary/aromatic N) is 2. The minimum atomic E-state index is -1.39. The van der Waals surface area contributed by atoms with Gasteiger partial charge in [-0.25, -0.2) is 9.78 Å². The number of carbonyl (C=O) groups is 2. The van der Waals surface area contributed by atoms with Crippen LogP contribution in [0, 0.1) is 0 Å². The first kappa shape index (κ1) is 9.89. The average molecular weight is 208 g/mol. The lowest BCUT2D eigenvalue weighted by Crippen LogP contribution is -2.15. The van der Waals surface area contributed by atoms with Gasteiger partial charge in [0.15, 0.2) is 0 Å². The molecule has 0 atom stereocenters. The molecular formula is C10H12N2O3. The Balaban J connectivity index is 2.13. The van der Waals surface area contributed by atoms with Crippen molar-refractivity contribution in [2.75, 3.05) is 0 Å². The van der Waals surface area contributed by atoms with Gasteiger partial charge in [-0.05, 0) is 12.8 Å². The molecule has 5 heteroatoms. The van der Waals surface area contributed by atoms with Gasteiger partial charge in [-0.3, -0.25) is 4.79 Å². The summed E-state index contributed by atoms with van der Waals surface area (Å²) in [6.45, 7) is 0.920. The van der Waals surface area contributed by atoms with Gasteiger partial charge < -0.3 is 9.67 Å². The summed E-state index contributed by atoms with van der Waals surface area (Å²) in [5, 5.41) is 8.46. The molecule has 1 aliphatic rings. The summed E-state index contributed by atoms with van der Waals surface area (Å²) in [4.78, 5) is 25.6. The molecule has 0 aromatic carbocycles. The Bertz CT molecular complexity index is 385. The highest BCUT2D eigenvalue weighted by molar-refractivity contribution is 6.33. The molecule has 0 amide bonds. The lowest BCUT2D eigenvalue weighted by Gasteiger charge is -2.11. The summed E-state index contributed by atoms with van der Waals surface area (Å²) in [7, 11) is 0. The number of rotatable bonds is 3. The predicted molar refractivity (Wildman–Crippen MR) is 51.5 cm³/mol. The van der Waals surface area contributed by atoms with E-state index in [-0.39, 0.29) is 6.42 Å². The molecule has 15 heavy (non-hydrogen) atoms. The number of fused-ring (bicyclic) bond motifs is 1. The smallest absolute Gasteiger partial charge is 0.372 e. The highest BCUT2D eigenvalue weighted by atomic mass is 16.4. The number of hydrogen-bond acceptors (Lipinski definition) is 3. The number of aromatic nitrogens is 2. The fraction of sp³-hybridized carbons (Fsp3) is 0.500. The molecule has 0 unspecified atom stereocenters. The van der Waals surface area contributed by atoms with Gasteiger partial charge in [-0.15, -0.1) is 0 Å². The van der Waals surface area contributed by atoms with E-state index in [2.05, 4.69) is 4.98 Å². The van der Waals surface area contributed by atoms with E-state index in [0.717, 1.165) is 31.6 Å². The minimum Gasteiger partial charge on any atom is -0.475 e. The highest BCUT2D eigenvalue weighted by Gasteiger charge is 2.17. The van der Waals surface area contributed by atoms with Crippen molar-refractivity contribution in [2.45, 2.75) is 32.2 Å². The lowest BCUT2D eigenvalue weighted by atomic mass is 10.2. The van der Waals surface area contributed by atoms with Crippen molar-refractivity contribution in [1.29, 1.82) is 0 Å². The van der Waals surface area contributed by atoms with Crippen LogP contribution < -0.4 is 0 Å². The lowest BCUT2D eigenvalue weighted by molar-refractivity contribution is -0.148. The van der Waals surface area contributed by atoms with E-state index in [9.17, 15) is 9.59 Å². The van der Waals surface area contributed by atoms with Crippen LogP contribution in [-0.4, -0.2) is 26.4 Å². The third-order valence-corrected chi connectivity index (χ3v) is 2.54. The maximum atomic E-state index is 11.0. The van der Waals surface area contributed by atoms with Gasteiger partial charge >= 0.3 is 5.97 Å². The fourth-order valence-corrected chi connectivity index (χ4v) is 1.80. The molecule has 0 saturated heterocycles. The molecule has 1 aliphatic heterocycles. The molecule has 0 saturated carbocycles. The Kier molecular flexibility index (Phi) is 2.53. The third-order valence-electron chi connectivity index (χ3n) is 2.54. The van der Waals surface area contributed by atoms with Crippen LogP contribution in [0.15, 0.2) is 6.20 Å². The molecule has 2 heterocycles. The molecule has 5 nitrogen and oxygen atoms in total. The molecule has 0 bridgehead atoms. The van der Waals surface area contributed by atoms with Gasteiger partial charge in [0.1, 0.15) is 5.82 Å². The maximum absolute atomic E-state index is 11.0. The Morgan fingerprint density at radius 3 is 2.93 bits per heavy atom. The topological polar surface area (TPSA) is 72.2 Å². The molecule has 1 aromatic rings. The molecule has 0 fully saturated rings. The van der Waals surface area contributed by atoms with E-state index in [1.54, 1.807) is 6.20 Å². The van der Waals surface area contributed by atoms with Crippen LogP contribution in [0.1, 0.15) is 24.4 Å².